The largest absolute Gasteiger partial charge is 0.392 e. The third kappa shape index (κ3) is 1.54. The average Bonchev–Trinajstić information content (AvgIpc) is 1.87. The van der Waals surface area contributed by atoms with Crippen molar-refractivity contribution in [1.29, 1.82) is 0 Å². The predicted molar refractivity (Wildman–Crippen MR) is 36.2 cm³/mol. The number of nitrogens with zero attached hydrogens (tertiary/aromatic N) is 1. The molecular weight excluding hydrogens is 205 g/mol. The van der Waals surface area contributed by atoms with Crippen molar-refractivity contribution in [2.24, 2.45) is 0 Å². The van der Waals surface area contributed by atoms with E-state index in [2.05, 4.69) is 26.0 Å². The Hall–Kier alpha value is 0.650. The lowest BCUT2D eigenvalue weighted by Gasteiger charge is -1.99. The zero-order valence-corrected chi connectivity index (χ0v) is 6.13. The second-order valence-electron chi connectivity index (χ2n) is 1.81. The Balaban J connectivity index is 2.26. The van der Waals surface area contributed by atoms with Crippen molar-refractivity contribution in [3.05, 3.63) is 0 Å². The third-order valence-electron chi connectivity index (χ3n) is 1.11. The molecule has 1 aliphatic heterocycles. The summed E-state index contributed by atoms with van der Waals surface area (Å²) in [5, 5.41) is 8.85. The van der Waals surface area contributed by atoms with E-state index in [1.54, 1.807) is 0 Å². The Morgan fingerprint density at radius 3 is 2.57 bits per heavy atom. The van der Waals surface area contributed by atoms with Crippen LogP contribution >= 0.6 is 22.9 Å². The molecule has 1 rings (SSSR count). The van der Waals surface area contributed by atoms with Crippen LogP contribution < -0.4 is 0 Å². The van der Waals surface area contributed by atoms with Gasteiger partial charge in [-0.1, -0.05) is 0 Å². The number of aliphatic hydroxyl groups is 1. The lowest BCUT2D eigenvalue weighted by molar-refractivity contribution is 0.192. The molecule has 1 N–H and O–H groups in total. The molecule has 0 saturated carbocycles. The van der Waals surface area contributed by atoms with Crippen LogP contribution in [0.25, 0.3) is 0 Å². The highest BCUT2D eigenvalue weighted by molar-refractivity contribution is 14.1. The van der Waals surface area contributed by atoms with Gasteiger partial charge in [-0.2, -0.15) is 0 Å². The van der Waals surface area contributed by atoms with Crippen molar-refractivity contribution in [2.75, 3.05) is 13.1 Å². The van der Waals surface area contributed by atoms with Crippen LogP contribution in [0.15, 0.2) is 0 Å². The molecule has 3 heteroatoms. The van der Waals surface area contributed by atoms with Gasteiger partial charge in [-0.15, -0.1) is 0 Å². The number of hydrogen-bond donors (Lipinski definition) is 1. The van der Waals surface area contributed by atoms with E-state index in [4.69, 9.17) is 5.11 Å². The molecule has 0 aromatic heterocycles. The van der Waals surface area contributed by atoms with E-state index in [9.17, 15) is 0 Å². The van der Waals surface area contributed by atoms with Gasteiger partial charge in [-0.05, 0) is 6.42 Å². The van der Waals surface area contributed by atoms with E-state index in [1.165, 1.54) is 0 Å². The van der Waals surface area contributed by atoms with Gasteiger partial charge in [0.15, 0.2) is 0 Å². The van der Waals surface area contributed by atoms with Crippen molar-refractivity contribution in [3.8, 4) is 0 Å². The first-order chi connectivity index (χ1) is 3.29. The van der Waals surface area contributed by atoms with Gasteiger partial charge in [0.2, 0.25) is 0 Å². The number of aliphatic hydroxyl groups excluding tert-OH is 1. The Labute approximate surface area is 57.0 Å². The SMILES string of the molecule is O[C@H]1CCN(I)C1. The van der Waals surface area contributed by atoms with E-state index in [-0.39, 0.29) is 6.10 Å². The van der Waals surface area contributed by atoms with E-state index in [0.29, 0.717) is 0 Å². The lowest BCUT2D eigenvalue weighted by atomic mass is 10.3. The average molecular weight is 213 g/mol. The second-order valence-corrected chi connectivity index (χ2v) is 3.18. The third-order valence-corrected chi connectivity index (χ3v) is 1.99. The Kier molecular flexibility index (Phi) is 1.88. The van der Waals surface area contributed by atoms with Gasteiger partial charge in [0.25, 0.3) is 0 Å². The molecule has 42 valence electrons. The zero-order chi connectivity index (χ0) is 5.28. The monoisotopic (exact) mass is 213 g/mol. The van der Waals surface area contributed by atoms with Crippen LogP contribution in [-0.2, 0) is 0 Å². The minimum absolute atomic E-state index is 0.0584. The number of rotatable bonds is 0. The lowest BCUT2D eigenvalue weighted by Crippen LogP contribution is -2.09. The Morgan fingerprint density at radius 1 is 1.71 bits per heavy atom. The quantitative estimate of drug-likeness (QED) is 0.465. The number of hydrogen-bond acceptors (Lipinski definition) is 2. The molecule has 0 spiro atoms. The highest BCUT2D eigenvalue weighted by atomic mass is 127. The van der Waals surface area contributed by atoms with Crippen LogP contribution in [0.3, 0.4) is 0 Å². The first-order valence-corrected chi connectivity index (χ1v) is 3.34. The summed E-state index contributed by atoms with van der Waals surface area (Å²) >= 11 is 2.22. The molecule has 0 unspecified atom stereocenters. The molecule has 1 heterocycles. The first kappa shape index (κ1) is 5.78. The molecular formula is C4H8INO. The van der Waals surface area contributed by atoms with E-state index < -0.39 is 0 Å². The molecule has 0 amide bonds. The molecule has 1 fully saturated rings. The zero-order valence-electron chi connectivity index (χ0n) is 3.97. The highest BCUT2D eigenvalue weighted by Crippen LogP contribution is 2.11. The Morgan fingerprint density at radius 2 is 2.43 bits per heavy atom. The van der Waals surface area contributed by atoms with Gasteiger partial charge in [-0.3, -0.25) is 0 Å². The van der Waals surface area contributed by atoms with Crippen molar-refractivity contribution >= 4 is 22.9 Å². The van der Waals surface area contributed by atoms with Crippen LogP contribution in [-0.4, -0.2) is 27.4 Å². The first-order valence-electron chi connectivity index (χ1n) is 2.38. The van der Waals surface area contributed by atoms with Gasteiger partial charge in [0.1, 0.15) is 0 Å². The fraction of sp³-hybridized carbons (Fsp3) is 1.00. The van der Waals surface area contributed by atoms with Crippen LogP contribution in [0.1, 0.15) is 6.42 Å². The topological polar surface area (TPSA) is 23.5 Å². The summed E-state index contributed by atoms with van der Waals surface area (Å²) in [6.45, 7) is 1.89. The summed E-state index contributed by atoms with van der Waals surface area (Å²) in [7, 11) is 0. The molecule has 0 radical (unpaired) electrons. The highest BCUT2D eigenvalue weighted by Gasteiger charge is 2.16. The van der Waals surface area contributed by atoms with Gasteiger partial charge in [-0.25, -0.2) is 3.11 Å². The maximum Gasteiger partial charge on any atom is 0.0687 e. The standard InChI is InChI=1S/C4H8INO/c5-6-2-1-4(7)3-6/h4,7H,1-3H2/t4-/m0/s1. The molecule has 0 aromatic carbocycles. The summed E-state index contributed by atoms with van der Waals surface area (Å²) in [5.74, 6) is 0. The van der Waals surface area contributed by atoms with Gasteiger partial charge >= 0.3 is 0 Å². The van der Waals surface area contributed by atoms with Crippen LogP contribution in [0.2, 0.25) is 0 Å². The smallest absolute Gasteiger partial charge is 0.0687 e. The molecule has 1 saturated heterocycles. The summed E-state index contributed by atoms with van der Waals surface area (Å²) in [4.78, 5) is 0. The van der Waals surface area contributed by atoms with E-state index in [0.717, 1.165) is 19.5 Å². The minimum atomic E-state index is -0.0584. The molecule has 0 bridgehead atoms. The van der Waals surface area contributed by atoms with Crippen molar-refractivity contribution in [1.82, 2.24) is 3.11 Å². The Bertz CT molecular complexity index is 60.7. The second kappa shape index (κ2) is 2.28. The summed E-state index contributed by atoms with van der Waals surface area (Å²) in [6.07, 6.45) is 0.889. The summed E-state index contributed by atoms with van der Waals surface area (Å²) in [5.41, 5.74) is 0. The summed E-state index contributed by atoms with van der Waals surface area (Å²) < 4.78 is 2.10. The maximum atomic E-state index is 8.85. The fourth-order valence-corrected chi connectivity index (χ4v) is 1.43. The molecule has 1 atom stereocenters. The molecule has 0 aromatic rings. The van der Waals surface area contributed by atoms with Crippen LogP contribution in [0.5, 0.6) is 0 Å². The van der Waals surface area contributed by atoms with E-state index in [1.807, 2.05) is 0 Å². The predicted octanol–water partition coefficient (Wildman–Crippen LogP) is 0.403. The molecule has 2 nitrogen and oxygen atoms in total. The molecule has 7 heavy (non-hydrogen) atoms. The fourth-order valence-electron chi connectivity index (χ4n) is 0.700. The van der Waals surface area contributed by atoms with Gasteiger partial charge in [0.05, 0.1) is 6.10 Å². The number of halogens is 1. The van der Waals surface area contributed by atoms with Gasteiger partial charge < -0.3 is 5.11 Å². The number of β-amino-alcohol motifs (C(OH)–C–C–N with tert-alkyl or cyclic N) is 1. The van der Waals surface area contributed by atoms with Crippen molar-refractivity contribution < 1.29 is 5.11 Å². The maximum absolute atomic E-state index is 8.85. The molecule has 1 aliphatic rings. The van der Waals surface area contributed by atoms with Crippen molar-refractivity contribution in [2.45, 2.75) is 12.5 Å². The van der Waals surface area contributed by atoms with E-state index >= 15 is 0 Å². The van der Waals surface area contributed by atoms with Gasteiger partial charge in [0, 0.05) is 36.0 Å². The normalized spacial score (nSPS) is 34.3. The minimum Gasteiger partial charge on any atom is -0.392 e. The van der Waals surface area contributed by atoms with Crippen LogP contribution in [0, 0.1) is 0 Å². The van der Waals surface area contributed by atoms with Crippen molar-refractivity contribution in [3.63, 3.8) is 0 Å². The van der Waals surface area contributed by atoms with Crippen LogP contribution in [0.4, 0.5) is 0 Å². The molecule has 0 aliphatic carbocycles. The summed E-state index contributed by atoms with van der Waals surface area (Å²) in [6, 6.07) is 0.